The van der Waals surface area contributed by atoms with Crippen LogP contribution in [0.5, 0.6) is 0 Å². The second-order valence-electron chi connectivity index (χ2n) is 4.22. The van der Waals surface area contributed by atoms with Crippen LogP contribution in [-0.2, 0) is 0 Å². The van der Waals surface area contributed by atoms with Crippen molar-refractivity contribution in [2.24, 2.45) is 0 Å². The fourth-order valence-corrected chi connectivity index (χ4v) is 1.83. The molecule has 1 aromatic heterocycles. The molecule has 2 rings (SSSR count). The minimum atomic E-state index is 0.690. The number of anilines is 2. The minimum absolute atomic E-state index is 0.690. The summed E-state index contributed by atoms with van der Waals surface area (Å²) in [6, 6.07) is 8.09. The van der Waals surface area contributed by atoms with E-state index in [2.05, 4.69) is 33.6 Å². The SMILES string of the molecule is CCCCNc1nc(NCC)nc2ccccc12. The van der Waals surface area contributed by atoms with Crippen LogP contribution in [0.25, 0.3) is 10.9 Å². The molecule has 0 amide bonds. The van der Waals surface area contributed by atoms with Crippen molar-refractivity contribution < 1.29 is 0 Å². The lowest BCUT2D eigenvalue weighted by molar-refractivity contribution is 0.831. The van der Waals surface area contributed by atoms with E-state index < -0.39 is 0 Å². The topological polar surface area (TPSA) is 49.8 Å². The van der Waals surface area contributed by atoms with Crippen molar-refractivity contribution in [2.75, 3.05) is 23.7 Å². The van der Waals surface area contributed by atoms with Gasteiger partial charge in [0.2, 0.25) is 5.95 Å². The third-order valence-corrected chi connectivity index (χ3v) is 2.76. The predicted molar refractivity (Wildman–Crippen MR) is 77.1 cm³/mol. The number of hydrogen-bond acceptors (Lipinski definition) is 4. The van der Waals surface area contributed by atoms with Gasteiger partial charge in [0.05, 0.1) is 5.52 Å². The average molecular weight is 244 g/mol. The molecule has 1 aromatic carbocycles. The minimum Gasteiger partial charge on any atom is -0.369 e. The van der Waals surface area contributed by atoms with Crippen LogP contribution in [0.4, 0.5) is 11.8 Å². The van der Waals surface area contributed by atoms with Gasteiger partial charge in [-0.15, -0.1) is 0 Å². The summed E-state index contributed by atoms with van der Waals surface area (Å²) in [6.45, 7) is 6.00. The quantitative estimate of drug-likeness (QED) is 0.766. The highest BCUT2D eigenvalue weighted by molar-refractivity contribution is 5.89. The van der Waals surface area contributed by atoms with E-state index in [1.54, 1.807) is 0 Å². The molecule has 0 aliphatic carbocycles. The van der Waals surface area contributed by atoms with Crippen LogP contribution >= 0.6 is 0 Å². The number of nitrogens with zero attached hydrogens (tertiary/aromatic N) is 2. The average Bonchev–Trinajstić information content (AvgIpc) is 2.39. The maximum absolute atomic E-state index is 4.53. The molecule has 2 N–H and O–H groups in total. The monoisotopic (exact) mass is 244 g/mol. The number of nitrogens with one attached hydrogen (secondary N) is 2. The molecular formula is C14H20N4. The van der Waals surface area contributed by atoms with E-state index in [1.165, 1.54) is 6.42 Å². The van der Waals surface area contributed by atoms with Gasteiger partial charge in [-0.2, -0.15) is 4.98 Å². The molecule has 0 bridgehead atoms. The Bertz CT molecular complexity index is 510. The Balaban J connectivity index is 2.34. The molecule has 96 valence electrons. The fourth-order valence-electron chi connectivity index (χ4n) is 1.83. The Morgan fingerprint density at radius 3 is 2.67 bits per heavy atom. The maximum Gasteiger partial charge on any atom is 0.225 e. The smallest absolute Gasteiger partial charge is 0.225 e. The van der Waals surface area contributed by atoms with Gasteiger partial charge in [0.25, 0.3) is 0 Å². The maximum atomic E-state index is 4.53. The first-order valence-corrected chi connectivity index (χ1v) is 6.59. The molecule has 0 aliphatic rings. The van der Waals surface area contributed by atoms with Crippen molar-refractivity contribution in [3.05, 3.63) is 24.3 Å². The molecule has 0 saturated heterocycles. The van der Waals surface area contributed by atoms with Crippen LogP contribution in [0.1, 0.15) is 26.7 Å². The van der Waals surface area contributed by atoms with Gasteiger partial charge in [-0.25, -0.2) is 4.98 Å². The molecule has 0 unspecified atom stereocenters. The van der Waals surface area contributed by atoms with E-state index in [-0.39, 0.29) is 0 Å². The summed E-state index contributed by atoms with van der Waals surface area (Å²) >= 11 is 0. The van der Waals surface area contributed by atoms with Gasteiger partial charge in [0, 0.05) is 18.5 Å². The first kappa shape index (κ1) is 12.6. The highest BCUT2D eigenvalue weighted by atomic mass is 15.1. The van der Waals surface area contributed by atoms with Crippen LogP contribution in [0.15, 0.2) is 24.3 Å². The van der Waals surface area contributed by atoms with Gasteiger partial charge in [-0.05, 0) is 25.5 Å². The largest absolute Gasteiger partial charge is 0.369 e. The molecular weight excluding hydrogens is 224 g/mol. The lowest BCUT2D eigenvalue weighted by Gasteiger charge is -2.10. The Hall–Kier alpha value is -1.84. The van der Waals surface area contributed by atoms with Crippen LogP contribution in [0.3, 0.4) is 0 Å². The second-order valence-corrected chi connectivity index (χ2v) is 4.22. The molecule has 0 spiro atoms. The highest BCUT2D eigenvalue weighted by Gasteiger charge is 2.05. The normalized spacial score (nSPS) is 10.6. The molecule has 0 aliphatic heterocycles. The van der Waals surface area contributed by atoms with Gasteiger partial charge in [0.15, 0.2) is 0 Å². The molecule has 0 fully saturated rings. The van der Waals surface area contributed by atoms with E-state index in [9.17, 15) is 0 Å². The lowest BCUT2D eigenvalue weighted by Crippen LogP contribution is -2.08. The number of unbranched alkanes of at least 4 members (excludes halogenated alkanes) is 1. The van der Waals surface area contributed by atoms with Gasteiger partial charge in [0.1, 0.15) is 5.82 Å². The van der Waals surface area contributed by atoms with E-state index in [0.29, 0.717) is 5.95 Å². The van der Waals surface area contributed by atoms with Crippen LogP contribution in [0.2, 0.25) is 0 Å². The first-order chi connectivity index (χ1) is 8.85. The number of rotatable bonds is 6. The van der Waals surface area contributed by atoms with E-state index >= 15 is 0 Å². The van der Waals surface area contributed by atoms with Crippen molar-refractivity contribution in [2.45, 2.75) is 26.7 Å². The summed E-state index contributed by atoms with van der Waals surface area (Å²) in [5.41, 5.74) is 0.974. The number of benzene rings is 1. The number of hydrogen-bond donors (Lipinski definition) is 2. The summed E-state index contributed by atoms with van der Waals surface area (Å²) in [4.78, 5) is 9.02. The summed E-state index contributed by atoms with van der Waals surface area (Å²) in [5, 5.41) is 7.64. The van der Waals surface area contributed by atoms with Crippen LogP contribution < -0.4 is 10.6 Å². The standard InChI is InChI=1S/C14H20N4/c1-3-5-10-16-13-11-8-6-7-9-12(11)17-14(18-13)15-4-2/h6-9H,3-5,10H2,1-2H3,(H2,15,16,17,18). The molecule has 0 saturated carbocycles. The van der Waals surface area contributed by atoms with E-state index in [4.69, 9.17) is 0 Å². The molecule has 18 heavy (non-hydrogen) atoms. The lowest BCUT2D eigenvalue weighted by atomic mass is 10.2. The van der Waals surface area contributed by atoms with Crippen molar-refractivity contribution in [3.63, 3.8) is 0 Å². The van der Waals surface area contributed by atoms with Crippen LogP contribution in [-0.4, -0.2) is 23.1 Å². The van der Waals surface area contributed by atoms with Gasteiger partial charge >= 0.3 is 0 Å². The molecule has 0 radical (unpaired) electrons. The molecule has 4 heteroatoms. The summed E-state index contributed by atoms with van der Waals surface area (Å²) in [7, 11) is 0. The molecule has 4 nitrogen and oxygen atoms in total. The Kier molecular flexibility index (Phi) is 4.34. The predicted octanol–water partition coefficient (Wildman–Crippen LogP) is 3.27. The summed E-state index contributed by atoms with van der Waals surface area (Å²) in [5.74, 6) is 1.61. The Labute approximate surface area is 108 Å². The van der Waals surface area contributed by atoms with Crippen molar-refractivity contribution >= 4 is 22.7 Å². The van der Waals surface area contributed by atoms with Crippen molar-refractivity contribution in [1.82, 2.24) is 9.97 Å². The summed E-state index contributed by atoms with van der Waals surface area (Å²) in [6.07, 6.45) is 2.32. The third kappa shape index (κ3) is 2.88. The molecule has 1 heterocycles. The van der Waals surface area contributed by atoms with E-state index in [0.717, 1.165) is 36.2 Å². The van der Waals surface area contributed by atoms with Gasteiger partial charge in [-0.3, -0.25) is 0 Å². The zero-order valence-electron chi connectivity index (χ0n) is 11.0. The zero-order valence-corrected chi connectivity index (χ0v) is 11.0. The van der Waals surface area contributed by atoms with Gasteiger partial charge < -0.3 is 10.6 Å². The molecule has 0 atom stereocenters. The first-order valence-electron chi connectivity index (χ1n) is 6.59. The van der Waals surface area contributed by atoms with Gasteiger partial charge in [-0.1, -0.05) is 25.5 Å². The Morgan fingerprint density at radius 1 is 1.06 bits per heavy atom. The molecule has 2 aromatic rings. The number of aromatic nitrogens is 2. The summed E-state index contributed by atoms with van der Waals surface area (Å²) < 4.78 is 0. The number of fused-ring (bicyclic) bond motifs is 1. The third-order valence-electron chi connectivity index (χ3n) is 2.76. The van der Waals surface area contributed by atoms with E-state index in [1.807, 2.05) is 25.1 Å². The van der Waals surface area contributed by atoms with Crippen LogP contribution in [0, 0.1) is 0 Å². The van der Waals surface area contributed by atoms with Crippen molar-refractivity contribution in [1.29, 1.82) is 0 Å². The number of para-hydroxylation sites is 1. The fraction of sp³-hybridized carbons (Fsp3) is 0.429. The highest BCUT2D eigenvalue weighted by Crippen LogP contribution is 2.21. The Morgan fingerprint density at radius 2 is 1.89 bits per heavy atom. The second kappa shape index (κ2) is 6.19. The zero-order chi connectivity index (χ0) is 12.8. The van der Waals surface area contributed by atoms with Crippen molar-refractivity contribution in [3.8, 4) is 0 Å².